The minimum Gasteiger partial charge on any atom is -0.398 e. The molecule has 0 atom stereocenters. The first kappa shape index (κ1) is 12.9. The number of benzene rings is 1. The van der Waals surface area contributed by atoms with E-state index in [1.165, 1.54) is 6.20 Å². The van der Waals surface area contributed by atoms with Crippen molar-refractivity contribution in [3.63, 3.8) is 0 Å². The number of anilines is 1. The lowest BCUT2D eigenvalue weighted by atomic mass is 10.1. The van der Waals surface area contributed by atoms with E-state index >= 15 is 0 Å². The zero-order chi connectivity index (χ0) is 14.8. The summed E-state index contributed by atoms with van der Waals surface area (Å²) < 4.78 is 1.62. The van der Waals surface area contributed by atoms with E-state index in [9.17, 15) is 4.79 Å². The third-order valence-electron chi connectivity index (χ3n) is 3.12. The maximum Gasteiger partial charge on any atom is 0.250 e. The van der Waals surface area contributed by atoms with Gasteiger partial charge in [0.25, 0.3) is 0 Å². The van der Waals surface area contributed by atoms with E-state index in [1.54, 1.807) is 23.0 Å². The van der Waals surface area contributed by atoms with E-state index in [1.807, 2.05) is 30.5 Å². The molecule has 0 spiro atoms. The van der Waals surface area contributed by atoms with Gasteiger partial charge in [-0.15, -0.1) is 0 Å². The largest absolute Gasteiger partial charge is 0.398 e. The summed E-state index contributed by atoms with van der Waals surface area (Å²) in [6.07, 6.45) is 4.98. The van der Waals surface area contributed by atoms with Crippen LogP contribution in [0.15, 0.2) is 55.0 Å². The van der Waals surface area contributed by atoms with Gasteiger partial charge >= 0.3 is 0 Å². The van der Waals surface area contributed by atoms with Crippen molar-refractivity contribution in [3.8, 4) is 16.9 Å². The number of primary amides is 1. The Hall–Kier alpha value is -3.15. The summed E-state index contributed by atoms with van der Waals surface area (Å²) in [5, 5.41) is 4.26. The second kappa shape index (κ2) is 5.09. The number of pyridine rings is 1. The standard InChI is InChI=1S/C15H13N5O/c16-13-4-2-1-3-12(13)11-8-19-20(9-11)14-6-5-10(7-18-14)15(17)21/h1-9H,16H2,(H2,17,21). The molecule has 0 fully saturated rings. The van der Waals surface area contributed by atoms with Crippen LogP contribution in [0.4, 0.5) is 5.69 Å². The molecule has 0 aliphatic rings. The second-order valence-electron chi connectivity index (χ2n) is 4.53. The van der Waals surface area contributed by atoms with Gasteiger partial charge in [-0.3, -0.25) is 4.79 Å². The monoisotopic (exact) mass is 279 g/mol. The Labute approximate surface area is 121 Å². The van der Waals surface area contributed by atoms with Gasteiger partial charge in [0, 0.05) is 29.2 Å². The molecule has 21 heavy (non-hydrogen) atoms. The molecule has 4 N–H and O–H groups in total. The normalized spacial score (nSPS) is 10.5. The van der Waals surface area contributed by atoms with Crippen molar-refractivity contribution in [1.29, 1.82) is 0 Å². The second-order valence-corrected chi connectivity index (χ2v) is 4.53. The highest BCUT2D eigenvalue weighted by Crippen LogP contribution is 2.25. The van der Waals surface area contributed by atoms with Crippen LogP contribution in [0.5, 0.6) is 0 Å². The van der Waals surface area contributed by atoms with Crippen LogP contribution in [0.25, 0.3) is 16.9 Å². The van der Waals surface area contributed by atoms with E-state index in [2.05, 4.69) is 10.1 Å². The van der Waals surface area contributed by atoms with Crippen LogP contribution in [-0.2, 0) is 0 Å². The molecule has 2 heterocycles. The molecule has 1 aromatic carbocycles. The first-order valence-electron chi connectivity index (χ1n) is 6.31. The summed E-state index contributed by atoms with van der Waals surface area (Å²) in [7, 11) is 0. The van der Waals surface area contributed by atoms with Gasteiger partial charge in [0.1, 0.15) is 0 Å². The predicted molar refractivity (Wildman–Crippen MR) is 79.7 cm³/mol. The van der Waals surface area contributed by atoms with Gasteiger partial charge in [0.05, 0.1) is 11.8 Å². The SMILES string of the molecule is NC(=O)c1ccc(-n2cc(-c3ccccc3N)cn2)nc1. The summed E-state index contributed by atoms with van der Waals surface area (Å²) in [5.74, 6) is 0.0908. The molecule has 2 aromatic heterocycles. The minimum atomic E-state index is -0.507. The Balaban J connectivity index is 1.95. The number of carbonyl (C=O) groups excluding carboxylic acids is 1. The average Bonchev–Trinajstić information content (AvgIpc) is 2.97. The summed E-state index contributed by atoms with van der Waals surface area (Å²) in [6, 6.07) is 10.9. The molecule has 0 bridgehead atoms. The smallest absolute Gasteiger partial charge is 0.250 e. The number of hydrogen-bond acceptors (Lipinski definition) is 4. The maximum atomic E-state index is 11.0. The first-order chi connectivity index (χ1) is 10.1. The molecule has 6 heteroatoms. The van der Waals surface area contributed by atoms with Crippen molar-refractivity contribution in [3.05, 3.63) is 60.6 Å². The van der Waals surface area contributed by atoms with Crippen LogP contribution in [0.2, 0.25) is 0 Å². The molecule has 3 rings (SSSR count). The molecular weight excluding hydrogens is 266 g/mol. The molecule has 0 radical (unpaired) electrons. The number of nitrogen functional groups attached to an aromatic ring is 1. The number of aromatic nitrogens is 3. The fraction of sp³-hybridized carbons (Fsp3) is 0. The Morgan fingerprint density at radius 2 is 1.90 bits per heavy atom. The number of rotatable bonds is 3. The van der Waals surface area contributed by atoms with Gasteiger partial charge in [0.15, 0.2) is 5.82 Å². The fourth-order valence-electron chi connectivity index (χ4n) is 2.01. The Bertz CT molecular complexity index is 792. The molecule has 104 valence electrons. The number of para-hydroxylation sites is 1. The number of hydrogen-bond donors (Lipinski definition) is 2. The first-order valence-corrected chi connectivity index (χ1v) is 6.31. The lowest BCUT2D eigenvalue weighted by Crippen LogP contribution is -2.11. The summed E-state index contributed by atoms with van der Waals surface area (Å²) in [6.45, 7) is 0. The third kappa shape index (κ3) is 2.46. The molecule has 0 unspecified atom stereocenters. The van der Waals surface area contributed by atoms with Crippen LogP contribution in [-0.4, -0.2) is 20.7 Å². The third-order valence-corrected chi connectivity index (χ3v) is 3.12. The minimum absolute atomic E-state index is 0.360. The van der Waals surface area contributed by atoms with Crippen LogP contribution in [0.3, 0.4) is 0 Å². The molecule has 0 aliphatic heterocycles. The van der Waals surface area contributed by atoms with Gasteiger partial charge in [-0.2, -0.15) is 5.10 Å². The van der Waals surface area contributed by atoms with Crippen molar-refractivity contribution in [2.75, 3.05) is 5.73 Å². The number of carbonyl (C=O) groups is 1. The Kier molecular flexibility index (Phi) is 3.12. The topological polar surface area (TPSA) is 99.8 Å². The number of nitrogens with two attached hydrogens (primary N) is 2. The van der Waals surface area contributed by atoms with E-state index in [0.717, 1.165) is 11.1 Å². The van der Waals surface area contributed by atoms with E-state index in [-0.39, 0.29) is 0 Å². The molecule has 1 amide bonds. The average molecular weight is 279 g/mol. The molecule has 0 saturated heterocycles. The molecule has 3 aromatic rings. The highest BCUT2D eigenvalue weighted by molar-refractivity contribution is 5.92. The van der Waals surface area contributed by atoms with Gasteiger partial charge < -0.3 is 11.5 Å². The van der Waals surface area contributed by atoms with Crippen LogP contribution < -0.4 is 11.5 Å². The van der Waals surface area contributed by atoms with Crippen LogP contribution in [0, 0.1) is 0 Å². The Morgan fingerprint density at radius 3 is 2.57 bits per heavy atom. The van der Waals surface area contributed by atoms with Gasteiger partial charge in [0.2, 0.25) is 5.91 Å². The quantitative estimate of drug-likeness (QED) is 0.711. The van der Waals surface area contributed by atoms with Crippen molar-refractivity contribution in [2.24, 2.45) is 5.73 Å². The lowest BCUT2D eigenvalue weighted by Gasteiger charge is -2.02. The zero-order valence-corrected chi connectivity index (χ0v) is 11.1. The fourth-order valence-corrected chi connectivity index (χ4v) is 2.01. The lowest BCUT2D eigenvalue weighted by molar-refractivity contribution is 0.1000. The highest BCUT2D eigenvalue weighted by Gasteiger charge is 2.07. The van der Waals surface area contributed by atoms with E-state index in [4.69, 9.17) is 11.5 Å². The van der Waals surface area contributed by atoms with Crippen molar-refractivity contribution in [1.82, 2.24) is 14.8 Å². The molecule has 0 saturated carbocycles. The molecular formula is C15H13N5O. The highest BCUT2D eigenvalue weighted by atomic mass is 16.1. The predicted octanol–water partition coefficient (Wildman–Crippen LogP) is 1.62. The zero-order valence-electron chi connectivity index (χ0n) is 11.1. The summed E-state index contributed by atoms with van der Waals surface area (Å²) in [4.78, 5) is 15.2. The molecule has 6 nitrogen and oxygen atoms in total. The van der Waals surface area contributed by atoms with Crippen LogP contribution in [0.1, 0.15) is 10.4 Å². The van der Waals surface area contributed by atoms with Gasteiger partial charge in [-0.1, -0.05) is 18.2 Å². The van der Waals surface area contributed by atoms with Crippen LogP contribution >= 0.6 is 0 Å². The Morgan fingerprint density at radius 1 is 1.10 bits per heavy atom. The van der Waals surface area contributed by atoms with Crippen molar-refractivity contribution in [2.45, 2.75) is 0 Å². The summed E-state index contributed by atoms with van der Waals surface area (Å²) in [5.41, 5.74) is 14.0. The summed E-state index contributed by atoms with van der Waals surface area (Å²) >= 11 is 0. The van der Waals surface area contributed by atoms with Crippen molar-refractivity contribution < 1.29 is 4.79 Å². The van der Waals surface area contributed by atoms with E-state index in [0.29, 0.717) is 17.1 Å². The number of amides is 1. The van der Waals surface area contributed by atoms with Crippen molar-refractivity contribution >= 4 is 11.6 Å². The van der Waals surface area contributed by atoms with Gasteiger partial charge in [-0.05, 0) is 18.2 Å². The van der Waals surface area contributed by atoms with Gasteiger partial charge in [-0.25, -0.2) is 9.67 Å². The number of nitrogens with zero attached hydrogens (tertiary/aromatic N) is 3. The maximum absolute atomic E-state index is 11.0. The van der Waals surface area contributed by atoms with E-state index < -0.39 is 5.91 Å². The molecule has 0 aliphatic carbocycles.